The van der Waals surface area contributed by atoms with E-state index in [9.17, 15) is 9.90 Å². The van der Waals surface area contributed by atoms with Crippen LogP contribution in [0.4, 0.5) is 0 Å². The first-order valence-electron chi connectivity index (χ1n) is 8.10. The van der Waals surface area contributed by atoms with Crippen LogP contribution in [-0.4, -0.2) is 22.7 Å². The third-order valence-corrected chi connectivity index (χ3v) is 6.83. The molecule has 4 aliphatic rings. The standard InChI is InChI=1S/C16H24O4/c1-10(11-6-4-3-5-7-11)14(2)12(13(17)18)8-9-15-16(14,19-15)20-15/h10-12H,3-9H2,1-2H3,(H,17,18). The van der Waals surface area contributed by atoms with E-state index in [1.165, 1.54) is 32.1 Å². The van der Waals surface area contributed by atoms with Gasteiger partial charge in [-0.15, -0.1) is 0 Å². The van der Waals surface area contributed by atoms with Gasteiger partial charge in [0, 0.05) is 11.8 Å². The first-order valence-corrected chi connectivity index (χ1v) is 8.10. The SMILES string of the molecule is CC(C1CCCCC1)C1(C)C(C(=O)O)CCC23OC21O3. The fraction of sp³-hybridized carbons (Fsp3) is 0.938. The maximum absolute atomic E-state index is 11.8. The van der Waals surface area contributed by atoms with Gasteiger partial charge in [-0.25, -0.2) is 0 Å². The van der Waals surface area contributed by atoms with E-state index in [0.29, 0.717) is 18.3 Å². The highest BCUT2D eigenvalue weighted by molar-refractivity contribution is 5.72. The summed E-state index contributed by atoms with van der Waals surface area (Å²) in [5.74, 6) is -1.00. The summed E-state index contributed by atoms with van der Waals surface area (Å²) in [6.45, 7) is 4.35. The van der Waals surface area contributed by atoms with Crippen molar-refractivity contribution in [3.05, 3.63) is 0 Å². The van der Waals surface area contributed by atoms with Crippen LogP contribution in [0.2, 0.25) is 0 Å². The molecule has 112 valence electrons. The van der Waals surface area contributed by atoms with E-state index < -0.39 is 17.5 Å². The molecule has 4 heteroatoms. The Bertz CT molecular complexity index is 447. The molecule has 4 nitrogen and oxygen atoms in total. The molecule has 0 bridgehead atoms. The van der Waals surface area contributed by atoms with E-state index in [2.05, 4.69) is 13.8 Å². The molecule has 2 saturated carbocycles. The lowest BCUT2D eigenvalue weighted by Crippen LogP contribution is -2.50. The van der Waals surface area contributed by atoms with E-state index in [1.807, 2.05) is 0 Å². The Morgan fingerprint density at radius 2 is 1.85 bits per heavy atom. The van der Waals surface area contributed by atoms with E-state index in [-0.39, 0.29) is 11.3 Å². The molecule has 2 aliphatic heterocycles. The number of hydrogen-bond donors (Lipinski definition) is 1. The first kappa shape index (κ1) is 13.1. The van der Waals surface area contributed by atoms with Crippen molar-refractivity contribution in [2.75, 3.05) is 0 Å². The Morgan fingerprint density at radius 1 is 1.20 bits per heavy atom. The number of carbonyl (C=O) groups is 1. The van der Waals surface area contributed by atoms with E-state index in [0.717, 1.165) is 6.42 Å². The number of carboxylic acid groups (broad SMARTS) is 1. The van der Waals surface area contributed by atoms with Crippen LogP contribution in [0.15, 0.2) is 0 Å². The largest absolute Gasteiger partial charge is 0.481 e. The molecule has 3 atom stereocenters. The molecule has 1 N–H and O–H groups in total. The minimum absolute atomic E-state index is 0.336. The average molecular weight is 280 g/mol. The molecule has 4 fully saturated rings. The second-order valence-electron chi connectivity index (χ2n) is 7.47. The average Bonchev–Trinajstić information content (AvgIpc) is 3.26. The molecule has 2 heterocycles. The molecule has 20 heavy (non-hydrogen) atoms. The number of epoxide rings is 2. The molecule has 2 saturated heterocycles. The summed E-state index contributed by atoms with van der Waals surface area (Å²) in [5.41, 5.74) is -0.376. The van der Waals surface area contributed by atoms with Gasteiger partial charge in [-0.3, -0.25) is 4.79 Å². The fourth-order valence-corrected chi connectivity index (χ4v) is 5.30. The topological polar surface area (TPSA) is 62.4 Å². The Kier molecular flexibility index (Phi) is 2.47. The lowest BCUT2D eigenvalue weighted by Gasteiger charge is -2.45. The summed E-state index contributed by atoms with van der Waals surface area (Å²) < 4.78 is 11.7. The van der Waals surface area contributed by atoms with Crippen molar-refractivity contribution in [3.63, 3.8) is 0 Å². The molecule has 0 aromatic rings. The summed E-state index contributed by atoms with van der Waals surface area (Å²) in [5, 5.41) is 9.68. The van der Waals surface area contributed by atoms with E-state index in [1.54, 1.807) is 0 Å². The van der Waals surface area contributed by atoms with Crippen molar-refractivity contribution >= 4 is 5.97 Å². The molecule has 4 rings (SSSR count). The van der Waals surface area contributed by atoms with Crippen LogP contribution in [-0.2, 0) is 14.3 Å². The summed E-state index contributed by atoms with van der Waals surface area (Å²) in [6, 6.07) is 0. The summed E-state index contributed by atoms with van der Waals surface area (Å²) in [6.07, 6.45) is 7.77. The van der Waals surface area contributed by atoms with Crippen LogP contribution in [0.3, 0.4) is 0 Å². The maximum Gasteiger partial charge on any atom is 0.307 e. The number of hydrogen-bond acceptors (Lipinski definition) is 3. The van der Waals surface area contributed by atoms with Crippen LogP contribution >= 0.6 is 0 Å². The van der Waals surface area contributed by atoms with Crippen molar-refractivity contribution in [1.29, 1.82) is 0 Å². The fourth-order valence-electron chi connectivity index (χ4n) is 5.30. The monoisotopic (exact) mass is 280 g/mol. The molecule has 0 radical (unpaired) electrons. The van der Waals surface area contributed by atoms with Gasteiger partial charge in [0.1, 0.15) is 0 Å². The lowest BCUT2D eigenvalue weighted by atomic mass is 9.56. The molecule has 0 aromatic heterocycles. The number of rotatable bonds is 3. The molecule has 0 aromatic carbocycles. The van der Waals surface area contributed by atoms with Gasteiger partial charge < -0.3 is 14.6 Å². The summed E-state index contributed by atoms with van der Waals surface area (Å²) >= 11 is 0. The highest BCUT2D eigenvalue weighted by Crippen LogP contribution is 2.83. The quantitative estimate of drug-likeness (QED) is 0.807. The van der Waals surface area contributed by atoms with Crippen molar-refractivity contribution in [2.45, 2.75) is 70.4 Å². The van der Waals surface area contributed by atoms with Crippen LogP contribution in [0.1, 0.15) is 58.8 Å². The zero-order valence-electron chi connectivity index (χ0n) is 12.4. The van der Waals surface area contributed by atoms with Gasteiger partial charge in [0.25, 0.3) is 0 Å². The maximum atomic E-state index is 11.8. The number of aliphatic carboxylic acids is 1. The van der Waals surface area contributed by atoms with Crippen LogP contribution < -0.4 is 0 Å². The zero-order chi connectivity index (χ0) is 14.2. The second kappa shape index (κ2) is 3.77. The predicted molar refractivity (Wildman–Crippen MR) is 71.8 cm³/mol. The molecular formula is C16H24O4. The highest BCUT2D eigenvalue weighted by atomic mass is 17.0. The van der Waals surface area contributed by atoms with Gasteiger partial charge in [-0.1, -0.05) is 46.0 Å². The zero-order valence-corrected chi connectivity index (χ0v) is 12.4. The lowest BCUT2D eigenvalue weighted by molar-refractivity contribution is -0.176. The normalized spacial score (nSPS) is 51.8. The Labute approximate surface area is 119 Å². The molecular weight excluding hydrogens is 256 g/mol. The van der Waals surface area contributed by atoms with Crippen molar-refractivity contribution in [1.82, 2.24) is 0 Å². The van der Waals surface area contributed by atoms with Gasteiger partial charge in [-0.05, 0) is 18.3 Å². The van der Waals surface area contributed by atoms with E-state index in [4.69, 9.17) is 9.47 Å². The van der Waals surface area contributed by atoms with Crippen LogP contribution in [0.25, 0.3) is 0 Å². The van der Waals surface area contributed by atoms with E-state index >= 15 is 0 Å². The van der Waals surface area contributed by atoms with Crippen molar-refractivity contribution in [3.8, 4) is 0 Å². The predicted octanol–water partition coefficient (Wildman–Crippen LogP) is 3.16. The first-order chi connectivity index (χ1) is 9.47. The number of carboxylic acids is 1. The van der Waals surface area contributed by atoms with Crippen LogP contribution in [0, 0.1) is 23.2 Å². The molecule has 0 amide bonds. The Morgan fingerprint density at radius 3 is 2.45 bits per heavy atom. The minimum atomic E-state index is -0.677. The van der Waals surface area contributed by atoms with Crippen molar-refractivity contribution in [2.24, 2.45) is 23.2 Å². The van der Waals surface area contributed by atoms with Crippen molar-refractivity contribution < 1.29 is 19.4 Å². The molecule has 3 unspecified atom stereocenters. The third-order valence-electron chi connectivity index (χ3n) is 6.83. The van der Waals surface area contributed by atoms with Gasteiger partial charge in [-0.2, -0.15) is 0 Å². The van der Waals surface area contributed by atoms with Gasteiger partial charge in [0.05, 0.1) is 5.92 Å². The van der Waals surface area contributed by atoms with Gasteiger partial charge in [0.2, 0.25) is 11.6 Å². The Hall–Kier alpha value is -0.610. The van der Waals surface area contributed by atoms with Gasteiger partial charge in [0.15, 0.2) is 0 Å². The summed E-state index contributed by atoms with van der Waals surface area (Å²) in [7, 11) is 0. The third kappa shape index (κ3) is 1.32. The summed E-state index contributed by atoms with van der Waals surface area (Å²) in [4.78, 5) is 11.8. The highest BCUT2D eigenvalue weighted by Gasteiger charge is 2.99. The second-order valence-corrected chi connectivity index (χ2v) is 7.47. The minimum Gasteiger partial charge on any atom is -0.481 e. The Balaban J connectivity index is 1.66. The number of ether oxygens (including phenoxy) is 2. The van der Waals surface area contributed by atoms with Crippen LogP contribution in [0.5, 0.6) is 0 Å². The smallest absolute Gasteiger partial charge is 0.307 e. The van der Waals surface area contributed by atoms with Gasteiger partial charge >= 0.3 is 5.97 Å². The molecule has 0 spiro atoms. The molecule has 2 aliphatic carbocycles.